The molecule has 0 unspecified atom stereocenters. The predicted molar refractivity (Wildman–Crippen MR) is 84.7 cm³/mol. The summed E-state index contributed by atoms with van der Waals surface area (Å²) in [5.74, 6) is 0. The molecule has 7 nitrogen and oxygen atoms in total. The zero-order chi connectivity index (χ0) is 16.8. The first-order chi connectivity index (χ1) is 11.7. The Kier molecular flexibility index (Phi) is 4.90. The number of amides is 2. The fourth-order valence-electron chi connectivity index (χ4n) is 2.27. The molecule has 0 aliphatic carbocycles. The van der Waals surface area contributed by atoms with Gasteiger partial charge in [-0.3, -0.25) is 4.98 Å². The second-order valence-corrected chi connectivity index (χ2v) is 5.30. The number of carbonyl (C=O) groups excluding carboxylic acids is 2. The lowest BCUT2D eigenvalue weighted by atomic mass is 10.1. The van der Waals surface area contributed by atoms with E-state index in [1.807, 2.05) is 24.3 Å². The number of pyridine rings is 1. The molecule has 0 radical (unpaired) electrons. The highest BCUT2D eigenvalue weighted by molar-refractivity contribution is 5.67. The summed E-state index contributed by atoms with van der Waals surface area (Å²) < 4.78 is 10.3. The Morgan fingerprint density at radius 1 is 0.792 bits per heavy atom. The van der Waals surface area contributed by atoms with Gasteiger partial charge in [-0.25, -0.2) is 9.59 Å². The van der Waals surface area contributed by atoms with Gasteiger partial charge in [-0.15, -0.1) is 0 Å². The number of cyclic esters (lactones) is 2. The highest BCUT2D eigenvalue weighted by Crippen LogP contribution is 2.07. The number of hydrogen-bond donors (Lipinski definition) is 2. The van der Waals surface area contributed by atoms with E-state index in [0.29, 0.717) is 24.5 Å². The Morgan fingerprint density at radius 2 is 1.29 bits per heavy atom. The summed E-state index contributed by atoms with van der Waals surface area (Å²) in [5.41, 5.74) is 2.99. The van der Waals surface area contributed by atoms with Crippen molar-refractivity contribution in [3.63, 3.8) is 0 Å². The van der Waals surface area contributed by atoms with E-state index in [-0.39, 0.29) is 13.2 Å². The molecule has 2 amide bonds. The lowest BCUT2D eigenvalue weighted by Crippen LogP contribution is -2.25. The lowest BCUT2D eigenvalue weighted by molar-refractivity contribution is 0.135. The molecule has 1 aliphatic heterocycles. The molecule has 24 heavy (non-hydrogen) atoms. The maximum absolute atomic E-state index is 11.8. The highest BCUT2D eigenvalue weighted by atomic mass is 16.6. The Labute approximate surface area is 139 Å². The van der Waals surface area contributed by atoms with Gasteiger partial charge < -0.3 is 20.1 Å². The van der Waals surface area contributed by atoms with Crippen molar-refractivity contribution in [1.29, 1.82) is 0 Å². The monoisotopic (exact) mass is 327 g/mol. The summed E-state index contributed by atoms with van der Waals surface area (Å²) in [7, 11) is 0. The quantitative estimate of drug-likeness (QED) is 0.774. The fourth-order valence-corrected chi connectivity index (χ4v) is 2.27. The number of nitrogens with one attached hydrogen (secondary N) is 2. The van der Waals surface area contributed by atoms with E-state index < -0.39 is 12.2 Å². The van der Waals surface area contributed by atoms with Crippen molar-refractivity contribution in [1.82, 2.24) is 15.6 Å². The Bertz CT molecular complexity index is 634. The molecule has 0 saturated heterocycles. The van der Waals surface area contributed by atoms with Gasteiger partial charge in [-0.2, -0.15) is 0 Å². The minimum absolute atomic E-state index is 0.0475. The van der Waals surface area contributed by atoms with E-state index in [1.54, 1.807) is 18.2 Å². The van der Waals surface area contributed by atoms with Crippen molar-refractivity contribution < 1.29 is 19.1 Å². The van der Waals surface area contributed by atoms with Gasteiger partial charge in [-0.1, -0.05) is 30.3 Å². The van der Waals surface area contributed by atoms with E-state index in [0.717, 1.165) is 11.1 Å². The summed E-state index contributed by atoms with van der Waals surface area (Å²) in [6.45, 7) is 0.771. The molecule has 1 aromatic carbocycles. The minimum Gasteiger partial charge on any atom is -0.443 e. The number of ether oxygens (including phenoxy) is 2. The molecule has 0 atom stereocenters. The number of fused-ring (bicyclic) bond motifs is 4. The zero-order valence-electron chi connectivity index (χ0n) is 13.0. The summed E-state index contributed by atoms with van der Waals surface area (Å²) in [6.07, 6.45) is -1.02. The number of rotatable bonds is 0. The number of nitrogens with zero attached hydrogens (tertiary/aromatic N) is 1. The molecule has 0 fully saturated rings. The van der Waals surface area contributed by atoms with Gasteiger partial charge in [0, 0.05) is 13.1 Å². The summed E-state index contributed by atoms with van der Waals surface area (Å²) in [4.78, 5) is 27.8. The van der Waals surface area contributed by atoms with Gasteiger partial charge in [0.1, 0.15) is 13.2 Å². The third kappa shape index (κ3) is 4.45. The molecule has 0 saturated carbocycles. The first-order valence-electron chi connectivity index (χ1n) is 7.53. The van der Waals surface area contributed by atoms with Crippen LogP contribution >= 0.6 is 0 Å². The van der Waals surface area contributed by atoms with Crippen LogP contribution in [0.15, 0.2) is 42.5 Å². The lowest BCUT2D eigenvalue weighted by Gasteiger charge is -2.11. The minimum atomic E-state index is -0.510. The van der Waals surface area contributed by atoms with Crippen LogP contribution < -0.4 is 10.6 Å². The van der Waals surface area contributed by atoms with Crippen LogP contribution in [-0.4, -0.2) is 17.2 Å². The van der Waals surface area contributed by atoms with E-state index in [1.165, 1.54) is 0 Å². The van der Waals surface area contributed by atoms with Crippen molar-refractivity contribution >= 4 is 12.2 Å². The fraction of sp³-hybridized carbons (Fsp3) is 0.235. The molecule has 124 valence electrons. The van der Waals surface area contributed by atoms with Gasteiger partial charge in [0.2, 0.25) is 0 Å². The number of carbonyl (C=O) groups is 2. The Hall–Kier alpha value is -3.09. The van der Waals surface area contributed by atoms with E-state index >= 15 is 0 Å². The third-order valence-electron chi connectivity index (χ3n) is 3.43. The number of benzene rings is 1. The van der Waals surface area contributed by atoms with Crippen LogP contribution in [0.3, 0.4) is 0 Å². The molecule has 2 N–H and O–H groups in total. The second kappa shape index (κ2) is 7.45. The topological polar surface area (TPSA) is 89.6 Å². The van der Waals surface area contributed by atoms with Gasteiger partial charge >= 0.3 is 12.2 Å². The van der Waals surface area contributed by atoms with E-state index in [9.17, 15) is 9.59 Å². The smallest absolute Gasteiger partial charge is 0.407 e. The van der Waals surface area contributed by atoms with Crippen molar-refractivity contribution in [2.24, 2.45) is 0 Å². The van der Waals surface area contributed by atoms with Crippen LogP contribution in [-0.2, 0) is 35.8 Å². The molecule has 4 bridgehead atoms. The van der Waals surface area contributed by atoms with E-state index in [2.05, 4.69) is 15.6 Å². The van der Waals surface area contributed by atoms with Crippen LogP contribution in [0.1, 0.15) is 22.5 Å². The van der Waals surface area contributed by atoms with Gasteiger partial charge in [0.15, 0.2) is 0 Å². The Balaban J connectivity index is 1.76. The van der Waals surface area contributed by atoms with Crippen molar-refractivity contribution in [3.8, 4) is 0 Å². The molecule has 7 heteroatoms. The van der Waals surface area contributed by atoms with Crippen LogP contribution in [0.25, 0.3) is 0 Å². The first-order valence-corrected chi connectivity index (χ1v) is 7.53. The third-order valence-corrected chi connectivity index (χ3v) is 3.43. The predicted octanol–water partition coefficient (Wildman–Crippen LogP) is 2.25. The average molecular weight is 327 g/mol. The maximum Gasteiger partial charge on any atom is 0.407 e. The van der Waals surface area contributed by atoms with Crippen LogP contribution in [0.2, 0.25) is 0 Å². The molecular weight excluding hydrogens is 310 g/mol. The normalized spacial score (nSPS) is 15.5. The SMILES string of the molecule is O=C1NCc2cccc(c2)CNC(=O)OCc2cccc(n2)CO1. The molecule has 1 aromatic heterocycles. The zero-order valence-corrected chi connectivity index (χ0v) is 13.0. The maximum atomic E-state index is 11.8. The van der Waals surface area contributed by atoms with Gasteiger partial charge in [-0.05, 0) is 23.3 Å². The van der Waals surface area contributed by atoms with Crippen molar-refractivity contribution in [2.75, 3.05) is 0 Å². The summed E-state index contributed by atoms with van der Waals surface area (Å²) >= 11 is 0. The Morgan fingerprint density at radius 3 is 1.83 bits per heavy atom. The highest BCUT2D eigenvalue weighted by Gasteiger charge is 2.08. The molecule has 0 spiro atoms. The molecular formula is C17H17N3O4. The molecule has 1 aliphatic rings. The van der Waals surface area contributed by atoms with Crippen LogP contribution in [0, 0.1) is 0 Å². The molecule has 3 rings (SSSR count). The number of alkyl carbamates (subject to hydrolysis) is 2. The molecule has 2 heterocycles. The number of hydrogen-bond acceptors (Lipinski definition) is 5. The van der Waals surface area contributed by atoms with Crippen molar-refractivity contribution in [3.05, 3.63) is 65.0 Å². The van der Waals surface area contributed by atoms with Crippen molar-refractivity contribution in [2.45, 2.75) is 26.3 Å². The first kappa shape index (κ1) is 15.8. The van der Waals surface area contributed by atoms with Crippen LogP contribution in [0.4, 0.5) is 9.59 Å². The largest absolute Gasteiger partial charge is 0.443 e. The standard InChI is InChI=1S/C17H17N3O4/c21-16-18-8-12-3-1-4-13(7-12)9-19-17(22)24-11-15-6-2-5-14(20-15)10-23-16/h1-7H,8-11H2,(H,18,21)(H,19,22). The van der Waals surface area contributed by atoms with Crippen LogP contribution in [0.5, 0.6) is 0 Å². The van der Waals surface area contributed by atoms with E-state index in [4.69, 9.17) is 9.47 Å². The van der Waals surface area contributed by atoms with Gasteiger partial charge in [0.05, 0.1) is 11.4 Å². The average Bonchev–Trinajstić information content (AvgIpc) is 2.61. The summed E-state index contributed by atoms with van der Waals surface area (Å²) in [5, 5.41) is 5.38. The second-order valence-electron chi connectivity index (χ2n) is 5.30. The molecule has 2 aromatic rings. The van der Waals surface area contributed by atoms with Gasteiger partial charge in [0.25, 0.3) is 0 Å². The number of aromatic nitrogens is 1. The summed E-state index contributed by atoms with van der Waals surface area (Å²) in [6, 6.07) is 12.8.